The lowest BCUT2D eigenvalue weighted by Crippen LogP contribution is -2.34. The van der Waals surface area contributed by atoms with Crippen LogP contribution in [0.3, 0.4) is 0 Å². The Balaban J connectivity index is 2.03. The van der Waals surface area contributed by atoms with Crippen molar-refractivity contribution in [2.24, 2.45) is 5.92 Å². The number of hydrogen-bond donors (Lipinski definition) is 2. The van der Waals surface area contributed by atoms with Crippen LogP contribution in [0, 0.1) is 40.5 Å². The quantitative estimate of drug-likeness (QED) is 0.740. The Morgan fingerprint density at radius 2 is 1.59 bits per heavy atom. The molecule has 0 saturated carbocycles. The summed E-state index contributed by atoms with van der Waals surface area (Å²) < 4.78 is 28.4. The third-order valence-electron chi connectivity index (χ3n) is 5.96. The molecule has 1 unspecified atom stereocenters. The standard InChI is InChI=1S/C20H33N3O3S/c1-13-14(2)16(4)20(17(5)15(13)3)27(25,26)22-9-7-19(24)23-10-8-18(12-23)11-21-6/h18,21-22H,7-12H2,1-6H3. The van der Waals surface area contributed by atoms with Gasteiger partial charge in [-0.15, -0.1) is 0 Å². The molecular weight excluding hydrogens is 362 g/mol. The maximum atomic E-state index is 12.9. The molecule has 2 rings (SSSR count). The third-order valence-corrected chi connectivity index (χ3v) is 7.70. The third kappa shape index (κ3) is 4.70. The van der Waals surface area contributed by atoms with E-state index in [2.05, 4.69) is 10.0 Å². The summed E-state index contributed by atoms with van der Waals surface area (Å²) in [6, 6.07) is 0. The highest BCUT2D eigenvalue weighted by Gasteiger charge is 2.27. The molecule has 1 aromatic rings. The number of hydrogen-bond acceptors (Lipinski definition) is 4. The van der Waals surface area contributed by atoms with Crippen molar-refractivity contribution in [3.05, 3.63) is 27.8 Å². The Hall–Kier alpha value is -1.44. The van der Waals surface area contributed by atoms with Crippen molar-refractivity contribution < 1.29 is 13.2 Å². The summed E-state index contributed by atoms with van der Waals surface area (Å²) in [5.41, 5.74) is 4.70. The summed E-state index contributed by atoms with van der Waals surface area (Å²) in [7, 11) is -1.74. The van der Waals surface area contributed by atoms with Crippen LogP contribution in [0.2, 0.25) is 0 Å². The van der Waals surface area contributed by atoms with Gasteiger partial charge < -0.3 is 10.2 Å². The highest BCUT2D eigenvalue weighted by atomic mass is 32.2. The Morgan fingerprint density at radius 3 is 2.15 bits per heavy atom. The minimum atomic E-state index is -3.65. The number of likely N-dealkylation sites (tertiary alicyclic amines) is 1. The van der Waals surface area contributed by atoms with Crippen LogP contribution in [0.5, 0.6) is 0 Å². The summed E-state index contributed by atoms with van der Waals surface area (Å²) in [5, 5.41) is 3.14. The van der Waals surface area contributed by atoms with Crippen LogP contribution in [-0.2, 0) is 14.8 Å². The van der Waals surface area contributed by atoms with Crippen molar-refractivity contribution in [1.29, 1.82) is 0 Å². The molecule has 0 radical (unpaired) electrons. The van der Waals surface area contributed by atoms with Crippen LogP contribution in [0.15, 0.2) is 4.90 Å². The lowest BCUT2D eigenvalue weighted by molar-refractivity contribution is -0.130. The highest BCUT2D eigenvalue weighted by molar-refractivity contribution is 7.89. The molecule has 6 nitrogen and oxygen atoms in total. The van der Waals surface area contributed by atoms with E-state index in [9.17, 15) is 13.2 Å². The molecule has 2 N–H and O–H groups in total. The molecule has 0 spiro atoms. The molecule has 1 aliphatic heterocycles. The summed E-state index contributed by atoms with van der Waals surface area (Å²) in [6.07, 6.45) is 1.19. The van der Waals surface area contributed by atoms with Gasteiger partial charge in [-0.1, -0.05) is 0 Å². The van der Waals surface area contributed by atoms with E-state index in [-0.39, 0.29) is 18.9 Å². The van der Waals surface area contributed by atoms with Crippen molar-refractivity contribution in [2.75, 3.05) is 33.2 Å². The number of carbonyl (C=O) groups is 1. The molecule has 1 saturated heterocycles. The fraction of sp³-hybridized carbons (Fsp3) is 0.650. The molecule has 0 aromatic heterocycles. The second kappa shape index (κ2) is 8.71. The lowest BCUT2D eigenvalue weighted by Gasteiger charge is -2.20. The van der Waals surface area contributed by atoms with Crippen LogP contribution in [-0.4, -0.2) is 52.5 Å². The average molecular weight is 396 g/mol. The Morgan fingerprint density at radius 1 is 1.04 bits per heavy atom. The van der Waals surface area contributed by atoms with Crippen LogP contribution in [0.1, 0.15) is 40.7 Å². The topological polar surface area (TPSA) is 78.5 Å². The first-order chi connectivity index (χ1) is 12.6. The summed E-state index contributed by atoms with van der Waals surface area (Å²) in [5.74, 6) is 0.500. The predicted octanol–water partition coefficient (Wildman–Crippen LogP) is 1.97. The van der Waals surface area contributed by atoms with Crippen LogP contribution in [0.4, 0.5) is 0 Å². The molecule has 27 heavy (non-hydrogen) atoms. The first-order valence-corrected chi connectivity index (χ1v) is 11.1. The van der Waals surface area contributed by atoms with E-state index in [1.807, 2.05) is 46.6 Å². The Kier molecular flexibility index (Phi) is 7.05. The first kappa shape index (κ1) is 21.9. The molecule has 1 atom stereocenters. The molecule has 1 heterocycles. The molecule has 7 heteroatoms. The normalized spacial score (nSPS) is 17.6. The predicted molar refractivity (Wildman–Crippen MR) is 109 cm³/mol. The molecule has 1 fully saturated rings. The molecular formula is C20H33N3O3S. The first-order valence-electron chi connectivity index (χ1n) is 9.59. The van der Waals surface area contributed by atoms with Gasteiger partial charge in [-0.3, -0.25) is 4.79 Å². The van der Waals surface area contributed by atoms with Crippen molar-refractivity contribution in [1.82, 2.24) is 14.9 Å². The van der Waals surface area contributed by atoms with Crippen LogP contribution >= 0.6 is 0 Å². The minimum Gasteiger partial charge on any atom is -0.342 e. The number of sulfonamides is 1. The average Bonchev–Trinajstić information content (AvgIpc) is 3.07. The van der Waals surface area contributed by atoms with E-state index < -0.39 is 10.0 Å². The van der Waals surface area contributed by atoms with E-state index in [1.54, 1.807) is 0 Å². The molecule has 1 aromatic carbocycles. The van der Waals surface area contributed by atoms with Crippen molar-refractivity contribution in [2.45, 2.75) is 52.4 Å². The molecule has 0 aliphatic carbocycles. The molecule has 0 bridgehead atoms. The van der Waals surface area contributed by atoms with Gasteiger partial charge in [-0.2, -0.15) is 0 Å². The van der Waals surface area contributed by atoms with E-state index in [1.165, 1.54) is 0 Å². The Labute approximate surface area is 163 Å². The highest BCUT2D eigenvalue weighted by Crippen LogP contribution is 2.29. The maximum absolute atomic E-state index is 12.9. The maximum Gasteiger partial charge on any atom is 0.241 e. The van der Waals surface area contributed by atoms with Crippen molar-refractivity contribution >= 4 is 15.9 Å². The van der Waals surface area contributed by atoms with Gasteiger partial charge in [0.1, 0.15) is 0 Å². The van der Waals surface area contributed by atoms with Gasteiger partial charge in [-0.05, 0) is 88.4 Å². The lowest BCUT2D eigenvalue weighted by atomic mass is 9.95. The SMILES string of the molecule is CNCC1CCN(C(=O)CCNS(=O)(=O)c2c(C)c(C)c(C)c(C)c2C)C1. The zero-order valence-electron chi connectivity index (χ0n) is 17.4. The number of nitrogens with one attached hydrogen (secondary N) is 2. The van der Waals surface area contributed by atoms with Gasteiger partial charge >= 0.3 is 0 Å². The van der Waals surface area contributed by atoms with Gasteiger partial charge in [0.25, 0.3) is 0 Å². The number of nitrogens with zero attached hydrogens (tertiary/aromatic N) is 1. The van der Waals surface area contributed by atoms with Gasteiger partial charge in [-0.25, -0.2) is 13.1 Å². The second-order valence-corrected chi connectivity index (χ2v) is 9.36. The largest absolute Gasteiger partial charge is 0.342 e. The number of amides is 1. The summed E-state index contributed by atoms with van der Waals surface area (Å²) in [4.78, 5) is 14.6. The van der Waals surface area contributed by atoms with Gasteiger partial charge in [0.2, 0.25) is 15.9 Å². The van der Waals surface area contributed by atoms with Gasteiger partial charge in [0.05, 0.1) is 4.90 Å². The second-order valence-electron chi connectivity index (χ2n) is 7.65. The van der Waals surface area contributed by atoms with Gasteiger partial charge in [0.15, 0.2) is 0 Å². The number of carbonyl (C=O) groups excluding carboxylic acids is 1. The smallest absolute Gasteiger partial charge is 0.241 e. The monoisotopic (exact) mass is 395 g/mol. The summed E-state index contributed by atoms with van der Waals surface area (Å²) in [6.45, 7) is 12.2. The zero-order valence-corrected chi connectivity index (χ0v) is 18.2. The van der Waals surface area contributed by atoms with Crippen molar-refractivity contribution in [3.8, 4) is 0 Å². The van der Waals surface area contributed by atoms with Crippen LogP contribution < -0.4 is 10.0 Å². The van der Waals surface area contributed by atoms with E-state index in [0.717, 1.165) is 53.9 Å². The van der Waals surface area contributed by atoms with Crippen molar-refractivity contribution in [3.63, 3.8) is 0 Å². The molecule has 1 amide bonds. The van der Waals surface area contributed by atoms with E-state index >= 15 is 0 Å². The molecule has 152 valence electrons. The number of benzene rings is 1. The van der Waals surface area contributed by atoms with Crippen LogP contribution in [0.25, 0.3) is 0 Å². The fourth-order valence-corrected chi connectivity index (χ4v) is 5.53. The molecule has 1 aliphatic rings. The van der Waals surface area contributed by atoms with Gasteiger partial charge in [0, 0.05) is 26.1 Å². The van der Waals surface area contributed by atoms with E-state index in [0.29, 0.717) is 10.8 Å². The van der Waals surface area contributed by atoms with E-state index in [4.69, 9.17) is 0 Å². The zero-order chi connectivity index (χ0) is 20.4. The Bertz CT molecular complexity index is 789. The summed E-state index contributed by atoms with van der Waals surface area (Å²) >= 11 is 0. The number of rotatable bonds is 7. The minimum absolute atomic E-state index is 0.0148. The fourth-order valence-electron chi connectivity index (χ4n) is 3.91.